The van der Waals surface area contributed by atoms with E-state index in [9.17, 15) is 0 Å². The molecule has 0 radical (unpaired) electrons. The molecule has 11 rings (SSSR count). The minimum absolute atomic E-state index is 0.231. The number of benzene rings is 5. The smallest absolute Gasteiger partial charge is 0.0620 e. The van der Waals surface area contributed by atoms with Crippen LogP contribution in [0.3, 0.4) is 0 Å². The molecule has 2 aromatic heterocycles. The number of hydrogen-bond donors (Lipinski definition) is 0. The molecule has 2 heterocycles. The lowest BCUT2D eigenvalue weighted by Crippen LogP contribution is -2.11. The van der Waals surface area contributed by atoms with Gasteiger partial charge >= 0.3 is 0 Å². The summed E-state index contributed by atoms with van der Waals surface area (Å²) in [6.07, 6.45) is 38.1. The molecule has 0 saturated carbocycles. The van der Waals surface area contributed by atoms with Gasteiger partial charge in [-0.15, -0.1) is 0 Å². The van der Waals surface area contributed by atoms with Crippen molar-refractivity contribution in [1.29, 1.82) is 0 Å². The van der Waals surface area contributed by atoms with Crippen LogP contribution < -0.4 is 0 Å². The molecule has 5 aromatic carbocycles. The fourth-order valence-corrected chi connectivity index (χ4v) is 10.6. The van der Waals surface area contributed by atoms with Crippen molar-refractivity contribution in [3.05, 3.63) is 204 Å². The molecule has 4 aliphatic rings. The molecule has 2 nitrogen and oxygen atoms in total. The van der Waals surface area contributed by atoms with Crippen molar-refractivity contribution in [2.45, 2.75) is 64.3 Å². The zero-order chi connectivity index (χ0) is 40.0. The van der Waals surface area contributed by atoms with Gasteiger partial charge in [0.1, 0.15) is 0 Å². The maximum absolute atomic E-state index is 2.66. The van der Waals surface area contributed by atoms with E-state index in [-0.39, 0.29) is 5.92 Å². The van der Waals surface area contributed by atoms with E-state index in [1.165, 1.54) is 99.8 Å². The van der Waals surface area contributed by atoms with Gasteiger partial charge in [0.15, 0.2) is 0 Å². The van der Waals surface area contributed by atoms with Gasteiger partial charge in [-0.05, 0) is 126 Å². The summed E-state index contributed by atoms with van der Waals surface area (Å²) in [6.45, 7) is 3.18. The van der Waals surface area contributed by atoms with Crippen molar-refractivity contribution in [2.75, 3.05) is 0 Å². The predicted molar refractivity (Wildman–Crippen MR) is 258 cm³/mol. The summed E-state index contributed by atoms with van der Waals surface area (Å²) in [7, 11) is 0. The molecule has 0 N–H and O–H groups in total. The van der Waals surface area contributed by atoms with Crippen molar-refractivity contribution < 1.29 is 0 Å². The number of rotatable bonds is 8. The van der Waals surface area contributed by atoms with Crippen LogP contribution in [0.15, 0.2) is 182 Å². The molecular formula is C58H50N2. The number of hydrogen-bond acceptors (Lipinski definition) is 0. The highest BCUT2D eigenvalue weighted by Crippen LogP contribution is 2.55. The zero-order valence-electron chi connectivity index (χ0n) is 34.4. The first-order chi connectivity index (χ1) is 29.8. The van der Waals surface area contributed by atoms with Crippen LogP contribution in [0, 0.1) is 0 Å². The highest BCUT2D eigenvalue weighted by atomic mass is 15.0. The summed E-state index contributed by atoms with van der Waals surface area (Å²) >= 11 is 0. The molecule has 0 aliphatic heterocycles. The second kappa shape index (κ2) is 15.5. The van der Waals surface area contributed by atoms with Crippen molar-refractivity contribution in [1.82, 2.24) is 9.13 Å². The average Bonchev–Trinajstić information content (AvgIpc) is 3.85. The SMILES string of the molecule is CCn1c2ccccc2c2cc(-n3c(-c4ccccc4)c4c(C5=CC=CCC5)c(C5=CCCC=C5)c(C5C=CC=CC5)c(C5=CC=CCC5)c4c3-c3ccccc3)ccc21. The standard InChI is InChI=1S/C58H50N2/c1-2-59-49-36-22-21-35-47(49)48-39-46(37-38-50(48)59)60-57(44-31-17-7-18-32-44)55-53(42-27-13-5-14-28-42)51(40-23-9-3-10-24-40)52(41-25-11-4-12-26-41)54(43-29-15-6-16-30-43)56(55)58(60)45-33-19-8-20-34-45/h3,5-11,13,15,17-23,25-27,29,31-40H,2,4,12,14,16,24,28,30H2,1H3. The molecule has 60 heavy (non-hydrogen) atoms. The number of aromatic nitrogens is 2. The quantitative estimate of drug-likeness (QED) is 0.146. The first-order valence-corrected chi connectivity index (χ1v) is 22.1. The van der Waals surface area contributed by atoms with E-state index in [1.807, 2.05) is 0 Å². The lowest BCUT2D eigenvalue weighted by Gasteiger charge is -2.30. The number of aryl methyl sites for hydroxylation is 1. The lowest BCUT2D eigenvalue weighted by molar-refractivity contribution is 0.827. The van der Waals surface area contributed by atoms with Gasteiger partial charge in [-0.25, -0.2) is 0 Å². The second-order valence-corrected chi connectivity index (χ2v) is 16.6. The Morgan fingerprint density at radius 2 is 1.23 bits per heavy atom. The lowest BCUT2D eigenvalue weighted by atomic mass is 9.73. The van der Waals surface area contributed by atoms with Crippen LogP contribution >= 0.6 is 0 Å². The van der Waals surface area contributed by atoms with Crippen molar-refractivity contribution in [3.63, 3.8) is 0 Å². The molecule has 292 valence electrons. The monoisotopic (exact) mass is 774 g/mol. The van der Waals surface area contributed by atoms with Gasteiger partial charge in [-0.3, -0.25) is 0 Å². The topological polar surface area (TPSA) is 9.86 Å². The third-order valence-corrected chi connectivity index (χ3v) is 13.2. The van der Waals surface area contributed by atoms with Gasteiger partial charge in [-0.2, -0.15) is 0 Å². The molecule has 0 fully saturated rings. The maximum Gasteiger partial charge on any atom is 0.0620 e. The number of nitrogens with zero attached hydrogens (tertiary/aromatic N) is 2. The fraction of sp³-hybridized carbons (Fsp3) is 0.172. The molecule has 0 saturated heterocycles. The van der Waals surface area contributed by atoms with E-state index in [4.69, 9.17) is 0 Å². The van der Waals surface area contributed by atoms with E-state index in [0.29, 0.717) is 0 Å². The third kappa shape index (κ3) is 6.00. The third-order valence-electron chi connectivity index (χ3n) is 13.2. The van der Waals surface area contributed by atoms with E-state index < -0.39 is 0 Å². The van der Waals surface area contributed by atoms with E-state index in [0.717, 1.165) is 51.5 Å². The van der Waals surface area contributed by atoms with Gasteiger partial charge in [0, 0.05) is 50.7 Å². The molecule has 1 unspecified atom stereocenters. The highest BCUT2D eigenvalue weighted by molar-refractivity contribution is 6.19. The molecule has 0 spiro atoms. The summed E-state index contributed by atoms with van der Waals surface area (Å²) in [6, 6.07) is 38.7. The average molecular weight is 775 g/mol. The van der Waals surface area contributed by atoms with Gasteiger partial charge in [0.05, 0.1) is 11.4 Å². The Morgan fingerprint density at radius 1 is 0.567 bits per heavy atom. The van der Waals surface area contributed by atoms with E-state index in [2.05, 4.69) is 198 Å². The van der Waals surface area contributed by atoms with Crippen LogP contribution in [0.5, 0.6) is 0 Å². The van der Waals surface area contributed by atoms with Gasteiger partial charge in [0.2, 0.25) is 0 Å². The van der Waals surface area contributed by atoms with Crippen molar-refractivity contribution in [2.24, 2.45) is 0 Å². The van der Waals surface area contributed by atoms with Crippen LogP contribution in [-0.2, 0) is 6.54 Å². The molecule has 0 amide bonds. The molecule has 0 bridgehead atoms. The Morgan fingerprint density at radius 3 is 1.87 bits per heavy atom. The number of para-hydroxylation sites is 1. The summed E-state index contributed by atoms with van der Waals surface area (Å²) in [4.78, 5) is 0. The van der Waals surface area contributed by atoms with Gasteiger partial charge in [0.25, 0.3) is 0 Å². The second-order valence-electron chi connectivity index (χ2n) is 16.6. The summed E-state index contributed by atoms with van der Waals surface area (Å²) in [5, 5.41) is 5.31. The van der Waals surface area contributed by atoms with Gasteiger partial charge in [-0.1, -0.05) is 158 Å². The van der Waals surface area contributed by atoms with Crippen molar-refractivity contribution in [3.8, 4) is 28.2 Å². The molecule has 4 aliphatic carbocycles. The fourth-order valence-electron chi connectivity index (χ4n) is 10.6. The Kier molecular flexibility index (Phi) is 9.42. The van der Waals surface area contributed by atoms with Crippen molar-refractivity contribution >= 4 is 49.3 Å². The van der Waals surface area contributed by atoms with E-state index >= 15 is 0 Å². The number of allylic oxidation sites excluding steroid dienone is 16. The summed E-state index contributed by atoms with van der Waals surface area (Å²) < 4.78 is 5.13. The molecule has 7 aromatic rings. The van der Waals surface area contributed by atoms with Crippen LogP contribution in [0.25, 0.3) is 77.5 Å². The predicted octanol–water partition coefficient (Wildman–Crippen LogP) is 15.9. The number of fused-ring (bicyclic) bond motifs is 4. The molecular weight excluding hydrogens is 725 g/mol. The van der Waals surface area contributed by atoms with E-state index in [1.54, 1.807) is 0 Å². The van der Waals surface area contributed by atoms with Crippen LogP contribution in [-0.4, -0.2) is 9.13 Å². The van der Waals surface area contributed by atoms with Crippen LogP contribution in [0.4, 0.5) is 0 Å². The largest absolute Gasteiger partial charge is 0.341 e. The summed E-state index contributed by atoms with van der Waals surface area (Å²) in [5.74, 6) is 0.231. The normalized spacial score (nSPS) is 17.5. The van der Waals surface area contributed by atoms with Crippen LogP contribution in [0.2, 0.25) is 0 Å². The maximum atomic E-state index is 2.66. The van der Waals surface area contributed by atoms with Crippen LogP contribution in [0.1, 0.15) is 80.0 Å². The minimum atomic E-state index is 0.231. The molecule has 1 atom stereocenters. The Bertz CT molecular complexity index is 3070. The van der Waals surface area contributed by atoms with Gasteiger partial charge < -0.3 is 9.13 Å². The Balaban J connectivity index is 1.42. The first kappa shape index (κ1) is 36.4. The molecule has 2 heteroatoms. The Hall–Kier alpha value is -6.64. The Labute approximate surface area is 353 Å². The minimum Gasteiger partial charge on any atom is -0.341 e. The zero-order valence-corrected chi connectivity index (χ0v) is 34.4. The summed E-state index contributed by atoms with van der Waals surface area (Å²) in [5.41, 5.74) is 18.7. The highest BCUT2D eigenvalue weighted by Gasteiger charge is 2.35. The first-order valence-electron chi connectivity index (χ1n) is 22.1.